The SMILES string of the molecule is Fc1ccc(-c2nc(=S)c3c([nH]2)CCC3)c(Br)c1. The number of hydrogen-bond donors (Lipinski definition) is 1. The van der Waals surface area contributed by atoms with Crippen LogP contribution < -0.4 is 0 Å². The molecule has 18 heavy (non-hydrogen) atoms. The minimum atomic E-state index is -0.273. The van der Waals surface area contributed by atoms with E-state index in [1.807, 2.05) is 0 Å². The van der Waals surface area contributed by atoms with Crippen LogP contribution in [0.5, 0.6) is 0 Å². The third kappa shape index (κ3) is 2.01. The zero-order valence-electron chi connectivity index (χ0n) is 9.46. The molecule has 1 aliphatic rings. The number of benzene rings is 1. The van der Waals surface area contributed by atoms with E-state index in [0.29, 0.717) is 14.9 Å². The van der Waals surface area contributed by atoms with Crippen molar-refractivity contribution in [3.8, 4) is 11.4 Å². The van der Waals surface area contributed by atoms with Gasteiger partial charge in [0.2, 0.25) is 0 Å². The van der Waals surface area contributed by atoms with E-state index in [2.05, 4.69) is 25.9 Å². The van der Waals surface area contributed by atoms with Gasteiger partial charge in [-0.2, -0.15) is 0 Å². The fourth-order valence-electron chi connectivity index (χ4n) is 2.27. The minimum Gasteiger partial charge on any atom is -0.343 e. The van der Waals surface area contributed by atoms with Crippen LogP contribution in [0.25, 0.3) is 11.4 Å². The van der Waals surface area contributed by atoms with Crippen molar-refractivity contribution in [2.75, 3.05) is 0 Å². The lowest BCUT2D eigenvalue weighted by molar-refractivity contribution is 0.627. The molecule has 0 radical (unpaired) electrons. The van der Waals surface area contributed by atoms with Crippen LogP contribution in [0.15, 0.2) is 22.7 Å². The van der Waals surface area contributed by atoms with Gasteiger partial charge in [0, 0.05) is 21.3 Å². The Kier molecular flexibility index (Phi) is 3.03. The Morgan fingerprint density at radius 2 is 2.17 bits per heavy atom. The molecule has 0 fully saturated rings. The standard InChI is InChI=1S/C13H10BrFN2S/c14-10-6-7(15)4-5-8(10)12-16-11-3-1-2-9(11)13(18)17-12/h4-6H,1-3H2,(H,16,17,18). The summed E-state index contributed by atoms with van der Waals surface area (Å²) >= 11 is 8.67. The van der Waals surface area contributed by atoms with Crippen molar-refractivity contribution in [2.24, 2.45) is 0 Å². The summed E-state index contributed by atoms with van der Waals surface area (Å²) in [7, 11) is 0. The molecule has 0 aliphatic heterocycles. The molecule has 0 saturated heterocycles. The van der Waals surface area contributed by atoms with E-state index in [4.69, 9.17) is 12.2 Å². The van der Waals surface area contributed by atoms with Crippen molar-refractivity contribution >= 4 is 28.1 Å². The highest BCUT2D eigenvalue weighted by Crippen LogP contribution is 2.29. The van der Waals surface area contributed by atoms with E-state index in [9.17, 15) is 4.39 Å². The number of nitrogens with zero attached hydrogens (tertiary/aromatic N) is 1. The van der Waals surface area contributed by atoms with E-state index in [-0.39, 0.29) is 5.82 Å². The van der Waals surface area contributed by atoms with Gasteiger partial charge in [0.05, 0.1) is 0 Å². The van der Waals surface area contributed by atoms with E-state index in [1.165, 1.54) is 17.8 Å². The van der Waals surface area contributed by atoms with Gasteiger partial charge in [-0.1, -0.05) is 12.2 Å². The molecular formula is C13H10BrFN2S. The summed E-state index contributed by atoms with van der Waals surface area (Å²) in [6.07, 6.45) is 3.13. The normalized spacial score (nSPS) is 13.7. The zero-order valence-corrected chi connectivity index (χ0v) is 11.9. The molecule has 0 bridgehead atoms. The fraction of sp³-hybridized carbons (Fsp3) is 0.231. The first-order chi connectivity index (χ1) is 8.65. The second-order valence-electron chi connectivity index (χ2n) is 4.33. The number of rotatable bonds is 1. The predicted octanol–water partition coefficient (Wildman–Crippen LogP) is 4.20. The van der Waals surface area contributed by atoms with Crippen molar-refractivity contribution in [1.29, 1.82) is 0 Å². The Morgan fingerprint density at radius 3 is 2.94 bits per heavy atom. The van der Waals surface area contributed by atoms with Crippen LogP contribution in [0, 0.1) is 10.5 Å². The lowest BCUT2D eigenvalue weighted by atomic mass is 10.2. The molecular weight excluding hydrogens is 315 g/mol. The summed E-state index contributed by atoms with van der Waals surface area (Å²) in [4.78, 5) is 7.72. The van der Waals surface area contributed by atoms with Gasteiger partial charge >= 0.3 is 0 Å². The summed E-state index contributed by atoms with van der Waals surface area (Å²) in [6.45, 7) is 0. The molecule has 0 saturated carbocycles. The van der Waals surface area contributed by atoms with Gasteiger partial charge in [-0.15, -0.1) is 0 Å². The van der Waals surface area contributed by atoms with E-state index in [1.54, 1.807) is 6.07 Å². The highest BCUT2D eigenvalue weighted by atomic mass is 79.9. The summed E-state index contributed by atoms with van der Waals surface area (Å²) < 4.78 is 14.4. The number of aromatic amines is 1. The van der Waals surface area contributed by atoms with Crippen molar-refractivity contribution in [3.05, 3.63) is 44.4 Å². The molecule has 0 spiro atoms. The first kappa shape index (κ1) is 12.0. The Labute approximate surface area is 117 Å². The molecule has 0 atom stereocenters. The predicted molar refractivity (Wildman–Crippen MR) is 74.5 cm³/mol. The number of aryl methyl sites for hydroxylation is 1. The third-order valence-electron chi connectivity index (χ3n) is 3.14. The number of H-pyrrole nitrogens is 1. The van der Waals surface area contributed by atoms with Crippen molar-refractivity contribution in [1.82, 2.24) is 9.97 Å². The van der Waals surface area contributed by atoms with Gasteiger partial charge in [0.25, 0.3) is 0 Å². The molecule has 1 aliphatic carbocycles. The largest absolute Gasteiger partial charge is 0.343 e. The molecule has 3 rings (SSSR count). The van der Waals surface area contributed by atoms with Gasteiger partial charge in [-0.3, -0.25) is 0 Å². The lowest BCUT2D eigenvalue weighted by Crippen LogP contribution is -1.98. The minimum absolute atomic E-state index is 0.273. The van der Waals surface area contributed by atoms with Crippen LogP contribution in [0.3, 0.4) is 0 Å². The van der Waals surface area contributed by atoms with E-state index < -0.39 is 0 Å². The first-order valence-corrected chi connectivity index (χ1v) is 6.93. The van der Waals surface area contributed by atoms with Gasteiger partial charge < -0.3 is 4.98 Å². The Bertz CT molecular complexity index is 681. The van der Waals surface area contributed by atoms with Crippen molar-refractivity contribution < 1.29 is 4.39 Å². The summed E-state index contributed by atoms with van der Waals surface area (Å²) in [5.41, 5.74) is 3.16. The summed E-state index contributed by atoms with van der Waals surface area (Å²) in [6, 6.07) is 4.56. The second-order valence-corrected chi connectivity index (χ2v) is 5.57. The number of aromatic nitrogens is 2. The number of fused-ring (bicyclic) bond motifs is 1. The highest BCUT2D eigenvalue weighted by molar-refractivity contribution is 9.10. The van der Waals surface area contributed by atoms with Crippen LogP contribution in [-0.4, -0.2) is 9.97 Å². The van der Waals surface area contributed by atoms with Gasteiger partial charge in [-0.05, 0) is 53.4 Å². The van der Waals surface area contributed by atoms with Gasteiger partial charge in [-0.25, -0.2) is 9.37 Å². The Hall–Kier alpha value is -1.07. The summed E-state index contributed by atoms with van der Waals surface area (Å²) in [5, 5.41) is 0. The van der Waals surface area contributed by atoms with Crippen LogP contribution in [0.2, 0.25) is 0 Å². The Morgan fingerprint density at radius 1 is 1.33 bits per heavy atom. The molecule has 92 valence electrons. The van der Waals surface area contributed by atoms with E-state index >= 15 is 0 Å². The smallest absolute Gasteiger partial charge is 0.140 e. The number of hydrogen-bond acceptors (Lipinski definition) is 2. The topological polar surface area (TPSA) is 28.7 Å². The maximum atomic E-state index is 13.1. The quantitative estimate of drug-likeness (QED) is 0.796. The molecule has 1 aromatic heterocycles. The second kappa shape index (κ2) is 4.55. The number of halogens is 2. The fourth-order valence-corrected chi connectivity index (χ4v) is 3.12. The van der Waals surface area contributed by atoms with Crippen molar-refractivity contribution in [3.63, 3.8) is 0 Å². The molecule has 5 heteroatoms. The van der Waals surface area contributed by atoms with E-state index in [0.717, 1.165) is 30.4 Å². The maximum absolute atomic E-state index is 13.1. The Balaban J connectivity index is 2.18. The average molecular weight is 325 g/mol. The molecule has 2 aromatic rings. The molecule has 0 unspecified atom stereocenters. The first-order valence-electron chi connectivity index (χ1n) is 5.72. The van der Waals surface area contributed by atoms with Crippen LogP contribution in [0.4, 0.5) is 4.39 Å². The molecule has 0 amide bonds. The molecule has 1 heterocycles. The van der Waals surface area contributed by atoms with Crippen LogP contribution >= 0.6 is 28.1 Å². The van der Waals surface area contributed by atoms with Crippen LogP contribution in [-0.2, 0) is 12.8 Å². The summed E-state index contributed by atoms with van der Waals surface area (Å²) in [5.74, 6) is 0.429. The van der Waals surface area contributed by atoms with Crippen LogP contribution in [0.1, 0.15) is 17.7 Å². The third-order valence-corrected chi connectivity index (χ3v) is 4.14. The monoisotopic (exact) mass is 324 g/mol. The maximum Gasteiger partial charge on any atom is 0.140 e. The lowest BCUT2D eigenvalue weighted by Gasteiger charge is -2.07. The van der Waals surface area contributed by atoms with Gasteiger partial charge in [0.1, 0.15) is 16.3 Å². The van der Waals surface area contributed by atoms with Crippen molar-refractivity contribution in [2.45, 2.75) is 19.3 Å². The molecule has 1 N–H and O–H groups in total. The highest BCUT2D eigenvalue weighted by Gasteiger charge is 2.16. The molecule has 2 nitrogen and oxygen atoms in total. The molecule has 1 aromatic carbocycles. The zero-order chi connectivity index (χ0) is 12.7. The average Bonchev–Trinajstić information content (AvgIpc) is 2.77. The van der Waals surface area contributed by atoms with Gasteiger partial charge in [0.15, 0.2) is 0 Å². The number of nitrogens with one attached hydrogen (secondary N) is 1.